The first-order valence-corrected chi connectivity index (χ1v) is 7.91. The molecule has 5 heteroatoms. The summed E-state index contributed by atoms with van der Waals surface area (Å²) in [6.45, 7) is 4.33. The summed E-state index contributed by atoms with van der Waals surface area (Å²) >= 11 is 0. The van der Waals surface area contributed by atoms with Gasteiger partial charge in [0.1, 0.15) is 6.04 Å². The normalized spacial score (nSPS) is 25.4. The van der Waals surface area contributed by atoms with Crippen LogP contribution >= 0.6 is 0 Å². The average Bonchev–Trinajstić information content (AvgIpc) is 2.72. The molecule has 2 amide bonds. The summed E-state index contributed by atoms with van der Waals surface area (Å²) in [5.41, 5.74) is 0. The van der Waals surface area contributed by atoms with E-state index in [1.807, 2.05) is 4.90 Å². The summed E-state index contributed by atoms with van der Waals surface area (Å²) in [5.74, 6) is -0.137. The van der Waals surface area contributed by atoms with Gasteiger partial charge in [-0.05, 0) is 31.6 Å². The maximum atomic E-state index is 12.6. The molecule has 1 atom stereocenters. The van der Waals surface area contributed by atoms with Crippen molar-refractivity contribution in [1.82, 2.24) is 9.80 Å². The summed E-state index contributed by atoms with van der Waals surface area (Å²) < 4.78 is 0. The Hall–Kier alpha value is -1.26. The number of carboxylic acid groups (broad SMARTS) is 1. The Morgan fingerprint density at radius 3 is 2.35 bits per heavy atom. The third-order valence-corrected chi connectivity index (χ3v) is 4.75. The molecule has 20 heavy (non-hydrogen) atoms. The van der Waals surface area contributed by atoms with Gasteiger partial charge in [-0.3, -0.25) is 0 Å². The lowest BCUT2D eigenvalue weighted by Crippen LogP contribution is -2.52. The Kier molecular flexibility index (Phi) is 5.26. The molecule has 0 spiro atoms. The Bertz CT molecular complexity index is 351. The third kappa shape index (κ3) is 3.44. The van der Waals surface area contributed by atoms with E-state index < -0.39 is 12.0 Å². The minimum absolute atomic E-state index is 0.0612. The number of rotatable bonds is 2. The number of urea groups is 1. The molecule has 0 bridgehead atoms. The number of carbonyl (C=O) groups is 2. The van der Waals surface area contributed by atoms with E-state index in [4.69, 9.17) is 0 Å². The topological polar surface area (TPSA) is 60.9 Å². The third-order valence-electron chi connectivity index (χ3n) is 4.75. The van der Waals surface area contributed by atoms with Gasteiger partial charge in [0.15, 0.2) is 0 Å². The van der Waals surface area contributed by atoms with Gasteiger partial charge in [-0.1, -0.05) is 26.2 Å². The molecular weight excluding hydrogens is 256 g/mol. The lowest BCUT2D eigenvalue weighted by molar-refractivity contribution is -0.142. The van der Waals surface area contributed by atoms with Crippen molar-refractivity contribution in [1.29, 1.82) is 0 Å². The SMILES string of the molecule is CCC1CCN(C(=O)N2CCCCCC2C(=O)O)CC1. The molecule has 114 valence electrons. The van der Waals surface area contributed by atoms with E-state index in [0.717, 1.165) is 51.1 Å². The van der Waals surface area contributed by atoms with Crippen LogP contribution in [0.25, 0.3) is 0 Å². The van der Waals surface area contributed by atoms with E-state index in [0.29, 0.717) is 13.0 Å². The van der Waals surface area contributed by atoms with Crippen LogP contribution in [0.5, 0.6) is 0 Å². The zero-order valence-corrected chi connectivity index (χ0v) is 12.4. The van der Waals surface area contributed by atoms with Gasteiger partial charge in [0.05, 0.1) is 0 Å². The summed E-state index contributed by atoms with van der Waals surface area (Å²) in [7, 11) is 0. The highest BCUT2D eigenvalue weighted by Crippen LogP contribution is 2.23. The quantitative estimate of drug-likeness (QED) is 0.846. The van der Waals surface area contributed by atoms with E-state index in [-0.39, 0.29) is 6.03 Å². The Morgan fingerprint density at radius 1 is 1.05 bits per heavy atom. The zero-order chi connectivity index (χ0) is 14.5. The monoisotopic (exact) mass is 282 g/mol. The molecule has 2 aliphatic rings. The minimum Gasteiger partial charge on any atom is -0.480 e. The van der Waals surface area contributed by atoms with Crippen molar-refractivity contribution in [3.8, 4) is 0 Å². The van der Waals surface area contributed by atoms with Crippen molar-refractivity contribution in [2.75, 3.05) is 19.6 Å². The van der Waals surface area contributed by atoms with Crippen LogP contribution in [0.15, 0.2) is 0 Å². The molecule has 2 saturated heterocycles. The van der Waals surface area contributed by atoms with Crippen LogP contribution in [-0.2, 0) is 4.79 Å². The molecule has 0 aliphatic carbocycles. The van der Waals surface area contributed by atoms with Gasteiger partial charge in [-0.25, -0.2) is 9.59 Å². The smallest absolute Gasteiger partial charge is 0.326 e. The predicted molar refractivity (Wildman–Crippen MR) is 76.6 cm³/mol. The molecule has 0 saturated carbocycles. The standard InChI is InChI=1S/C15H26N2O3/c1-2-12-7-10-16(11-8-12)15(20)17-9-5-3-4-6-13(17)14(18)19/h12-13H,2-11H2,1H3,(H,18,19). The summed E-state index contributed by atoms with van der Waals surface area (Å²) in [6.07, 6.45) is 6.70. The van der Waals surface area contributed by atoms with Gasteiger partial charge in [0.25, 0.3) is 0 Å². The van der Waals surface area contributed by atoms with Crippen molar-refractivity contribution in [3.05, 3.63) is 0 Å². The molecule has 5 nitrogen and oxygen atoms in total. The van der Waals surface area contributed by atoms with Gasteiger partial charge in [0.2, 0.25) is 0 Å². The number of hydrogen-bond donors (Lipinski definition) is 1. The van der Waals surface area contributed by atoms with Crippen molar-refractivity contribution >= 4 is 12.0 Å². The Labute approximate surface area is 120 Å². The minimum atomic E-state index is -0.858. The number of amides is 2. The van der Waals surface area contributed by atoms with Crippen LogP contribution in [0.4, 0.5) is 4.79 Å². The van der Waals surface area contributed by atoms with Crippen LogP contribution in [0.2, 0.25) is 0 Å². The number of hydrogen-bond acceptors (Lipinski definition) is 2. The predicted octanol–water partition coefficient (Wildman–Crippen LogP) is 2.56. The van der Waals surface area contributed by atoms with Gasteiger partial charge in [0, 0.05) is 19.6 Å². The second-order valence-electron chi connectivity index (χ2n) is 6.02. The second kappa shape index (κ2) is 6.95. The fraction of sp³-hybridized carbons (Fsp3) is 0.867. The maximum absolute atomic E-state index is 12.6. The maximum Gasteiger partial charge on any atom is 0.326 e. The first-order chi connectivity index (χ1) is 9.63. The van der Waals surface area contributed by atoms with Gasteiger partial charge < -0.3 is 14.9 Å². The summed E-state index contributed by atoms with van der Waals surface area (Å²) in [6, 6.07) is -0.692. The lowest BCUT2D eigenvalue weighted by Gasteiger charge is -2.37. The van der Waals surface area contributed by atoms with Gasteiger partial charge >= 0.3 is 12.0 Å². The van der Waals surface area contributed by atoms with Crippen molar-refractivity contribution in [3.63, 3.8) is 0 Å². The summed E-state index contributed by atoms with van der Waals surface area (Å²) in [5, 5.41) is 9.35. The van der Waals surface area contributed by atoms with Crippen LogP contribution in [-0.4, -0.2) is 52.6 Å². The lowest BCUT2D eigenvalue weighted by atomic mass is 9.94. The first kappa shape index (κ1) is 15.1. The zero-order valence-electron chi connectivity index (χ0n) is 12.4. The van der Waals surface area contributed by atoms with E-state index in [2.05, 4.69) is 6.92 Å². The van der Waals surface area contributed by atoms with E-state index in [1.165, 1.54) is 6.42 Å². The number of piperidine rings is 1. The summed E-state index contributed by atoms with van der Waals surface area (Å²) in [4.78, 5) is 27.4. The molecule has 0 aromatic carbocycles. The molecule has 0 aromatic rings. The fourth-order valence-corrected chi connectivity index (χ4v) is 3.31. The molecule has 2 fully saturated rings. The fourth-order valence-electron chi connectivity index (χ4n) is 3.31. The molecular formula is C15H26N2O3. The van der Waals surface area contributed by atoms with E-state index in [1.54, 1.807) is 4.90 Å². The highest BCUT2D eigenvalue weighted by Gasteiger charge is 2.34. The highest BCUT2D eigenvalue weighted by molar-refractivity contribution is 5.82. The van der Waals surface area contributed by atoms with Gasteiger partial charge in [-0.2, -0.15) is 0 Å². The number of aliphatic carboxylic acids is 1. The number of carbonyl (C=O) groups excluding carboxylic acids is 1. The average molecular weight is 282 g/mol. The Morgan fingerprint density at radius 2 is 1.75 bits per heavy atom. The highest BCUT2D eigenvalue weighted by atomic mass is 16.4. The van der Waals surface area contributed by atoms with Crippen molar-refractivity contribution < 1.29 is 14.7 Å². The van der Waals surface area contributed by atoms with Crippen LogP contribution in [0.3, 0.4) is 0 Å². The molecule has 2 aliphatic heterocycles. The molecule has 0 radical (unpaired) electrons. The van der Waals surface area contributed by atoms with Gasteiger partial charge in [-0.15, -0.1) is 0 Å². The molecule has 1 N–H and O–H groups in total. The second-order valence-corrected chi connectivity index (χ2v) is 6.02. The Balaban J connectivity index is 2.00. The molecule has 2 rings (SSSR count). The molecule has 1 unspecified atom stereocenters. The largest absolute Gasteiger partial charge is 0.480 e. The van der Waals surface area contributed by atoms with E-state index in [9.17, 15) is 14.7 Å². The van der Waals surface area contributed by atoms with Crippen LogP contribution < -0.4 is 0 Å². The number of likely N-dealkylation sites (tertiary alicyclic amines) is 2. The number of carboxylic acids is 1. The van der Waals surface area contributed by atoms with Crippen LogP contribution in [0.1, 0.15) is 51.9 Å². The molecule has 0 aromatic heterocycles. The molecule has 2 heterocycles. The van der Waals surface area contributed by atoms with E-state index >= 15 is 0 Å². The van der Waals surface area contributed by atoms with Crippen molar-refractivity contribution in [2.45, 2.75) is 57.9 Å². The van der Waals surface area contributed by atoms with Crippen LogP contribution in [0, 0.1) is 5.92 Å². The van der Waals surface area contributed by atoms with Crippen molar-refractivity contribution in [2.24, 2.45) is 5.92 Å². The number of nitrogens with zero attached hydrogens (tertiary/aromatic N) is 2. The first-order valence-electron chi connectivity index (χ1n) is 7.91.